The zero-order valence-electron chi connectivity index (χ0n) is 12.4. The maximum absolute atomic E-state index is 12.5. The zero-order valence-corrected chi connectivity index (χ0v) is 14.1. The van der Waals surface area contributed by atoms with Gasteiger partial charge in [-0.25, -0.2) is 8.42 Å². The summed E-state index contributed by atoms with van der Waals surface area (Å²) in [5.41, 5.74) is 0.984. The highest BCUT2D eigenvalue weighted by molar-refractivity contribution is 7.92. The third-order valence-electron chi connectivity index (χ3n) is 3.03. The van der Waals surface area contributed by atoms with Crippen LogP contribution in [0.1, 0.15) is 22.2 Å². The highest BCUT2D eigenvalue weighted by Gasteiger charge is 2.15. The summed E-state index contributed by atoms with van der Waals surface area (Å²) >= 11 is 1.62. The minimum atomic E-state index is -3.31. The van der Waals surface area contributed by atoms with E-state index in [9.17, 15) is 13.2 Å². The second kappa shape index (κ2) is 6.93. The first-order chi connectivity index (χ1) is 10.4. The highest BCUT2D eigenvalue weighted by Crippen LogP contribution is 2.16. The summed E-state index contributed by atoms with van der Waals surface area (Å²) in [7, 11) is -3.31. The Kier molecular flexibility index (Phi) is 5.20. The van der Waals surface area contributed by atoms with Gasteiger partial charge in [-0.05, 0) is 42.6 Å². The van der Waals surface area contributed by atoms with Crippen LogP contribution in [0, 0.1) is 0 Å². The molecule has 1 amide bonds. The van der Waals surface area contributed by atoms with Crippen molar-refractivity contribution in [3.8, 4) is 0 Å². The van der Waals surface area contributed by atoms with Crippen LogP contribution in [-0.2, 0) is 16.6 Å². The first-order valence-electron chi connectivity index (χ1n) is 6.78. The Bertz CT molecular complexity index is 723. The second-order valence-electron chi connectivity index (χ2n) is 4.85. The highest BCUT2D eigenvalue weighted by atomic mass is 32.2. The van der Waals surface area contributed by atoms with Gasteiger partial charge < -0.3 is 4.90 Å². The molecule has 0 spiro atoms. The molecule has 0 saturated carbocycles. The molecule has 5 nitrogen and oxygen atoms in total. The number of rotatable bonds is 6. The van der Waals surface area contributed by atoms with Crippen LogP contribution in [0.3, 0.4) is 0 Å². The normalized spacial score (nSPS) is 11.2. The zero-order chi connectivity index (χ0) is 16.2. The average molecular weight is 338 g/mol. The fourth-order valence-electron chi connectivity index (χ4n) is 2.00. The summed E-state index contributed by atoms with van der Waals surface area (Å²) in [6.07, 6.45) is 1.09. The summed E-state index contributed by atoms with van der Waals surface area (Å²) in [5, 5.41) is 1.99. The van der Waals surface area contributed by atoms with E-state index in [1.54, 1.807) is 40.5 Å². The van der Waals surface area contributed by atoms with E-state index in [1.807, 2.05) is 24.4 Å². The SMILES string of the molecule is CCN(Cc1cccs1)C(=O)c1ccc(NS(C)(=O)=O)cc1. The summed E-state index contributed by atoms with van der Waals surface area (Å²) in [6, 6.07) is 10.4. The predicted octanol–water partition coefficient (Wildman–Crippen LogP) is 2.78. The van der Waals surface area contributed by atoms with Crippen molar-refractivity contribution in [1.29, 1.82) is 0 Å². The van der Waals surface area contributed by atoms with Crippen molar-refractivity contribution >= 4 is 33.0 Å². The number of carbonyl (C=O) groups excluding carboxylic acids is 1. The molecular formula is C15H18N2O3S2. The number of amides is 1. The van der Waals surface area contributed by atoms with Crippen molar-refractivity contribution in [2.75, 3.05) is 17.5 Å². The van der Waals surface area contributed by atoms with Crippen molar-refractivity contribution < 1.29 is 13.2 Å². The molecule has 1 N–H and O–H groups in total. The lowest BCUT2D eigenvalue weighted by Crippen LogP contribution is -2.29. The number of benzene rings is 1. The summed E-state index contributed by atoms with van der Waals surface area (Å²) in [4.78, 5) is 15.4. The van der Waals surface area contributed by atoms with Gasteiger partial charge >= 0.3 is 0 Å². The van der Waals surface area contributed by atoms with Gasteiger partial charge in [-0.2, -0.15) is 0 Å². The van der Waals surface area contributed by atoms with Crippen LogP contribution in [0.4, 0.5) is 5.69 Å². The Hall–Kier alpha value is -1.86. The summed E-state index contributed by atoms with van der Waals surface area (Å²) in [5.74, 6) is -0.0678. The number of sulfonamides is 1. The Morgan fingerprint density at radius 3 is 2.41 bits per heavy atom. The second-order valence-corrected chi connectivity index (χ2v) is 7.63. The molecule has 1 aromatic heterocycles. The Balaban J connectivity index is 2.10. The molecule has 0 atom stereocenters. The van der Waals surface area contributed by atoms with Crippen LogP contribution in [0.15, 0.2) is 41.8 Å². The van der Waals surface area contributed by atoms with Gasteiger partial charge in [0.1, 0.15) is 0 Å². The first-order valence-corrected chi connectivity index (χ1v) is 9.55. The minimum Gasteiger partial charge on any atom is -0.334 e. The molecule has 7 heteroatoms. The standard InChI is InChI=1S/C15H18N2O3S2/c1-3-17(11-14-5-4-10-21-14)15(18)12-6-8-13(9-7-12)16-22(2,19)20/h4-10,16H,3,11H2,1-2H3. The molecule has 0 bridgehead atoms. The van der Waals surface area contributed by atoms with E-state index in [2.05, 4.69) is 4.72 Å². The van der Waals surface area contributed by atoms with Crippen molar-refractivity contribution in [2.45, 2.75) is 13.5 Å². The molecule has 0 unspecified atom stereocenters. The van der Waals surface area contributed by atoms with Crippen molar-refractivity contribution in [2.24, 2.45) is 0 Å². The quantitative estimate of drug-likeness (QED) is 0.881. The average Bonchev–Trinajstić information content (AvgIpc) is 2.96. The third-order valence-corrected chi connectivity index (χ3v) is 4.50. The molecule has 0 aliphatic heterocycles. The summed E-state index contributed by atoms with van der Waals surface area (Å²) in [6.45, 7) is 3.13. The van der Waals surface area contributed by atoms with Gasteiger partial charge in [-0.15, -0.1) is 11.3 Å². The number of thiophene rings is 1. The number of nitrogens with zero attached hydrogens (tertiary/aromatic N) is 1. The molecule has 1 heterocycles. The Labute approximate surface area is 134 Å². The predicted molar refractivity (Wildman–Crippen MR) is 89.6 cm³/mol. The van der Waals surface area contributed by atoms with Gasteiger partial charge in [-0.1, -0.05) is 6.07 Å². The molecule has 0 aliphatic rings. The van der Waals surface area contributed by atoms with Crippen LogP contribution >= 0.6 is 11.3 Å². The molecular weight excluding hydrogens is 320 g/mol. The fraction of sp³-hybridized carbons (Fsp3) is 0.267. The minimum absolute atomic E-state index is 0.0678. The monoisotopic (exact) mass is 338 g/mol. The molecule has 1 aromatic carbocycles. The largest absolute Gasteiger partial charge is 0.334 e. The number of hydrogen-bond acceptors (Lipinski definition) is 4. The van der Waals surface area contributed by atoms with Crippen LogP contribution in [0.2, 0.25) is 0 Å². The first kappa shape index (κ1) is 16.5. The van der Waals surface area contributed by atoms with Crippen LogP contribution < -0.4 is 4.72 Å². The number of hydrogen-bond donors (Lipinski definition) is 1. The van der Waals surface area contributed by atoms with Crippen molar-refractivity contribution in [1.82, 2.24) is 4.90 Å². The lowest BCUT2D eigenvalue weighted by atomic mass is 10.2. The maximum atomic E-state index is 12.5. The molecule has 0 saturated heterocycles. The van der Waals surface area contributed by atoms with Gasteiger partial charge in [0.15, 0.2) is 0 Å². The van der Waals surface area contributed by atoms with E-state index >= 15 is 0 Å². The fourth-order valence-corrected chi connectivity index (χ4v) is 3.28. The van der Waals surface area contributed by atoms with E-state index in [0.717, 1.165) is 11.1 Å². The summed E-state index contributed by atoms with van der Waals surface area (Å²) < 4.78 is 24.7. The molecule has 0 fully saturated rings. The van der Waals surface area contributed by atoms with Crippen LogP contribution in [0.25, 0.3) is 0 Å². The Morgan fingerprint density at radius 1 is 1.23 bits per heavy atom. The van der Waals surface area contributed by atoms with Gasteiger partial charge in [0.05, 0.1) is 12.8 Å². The molecule has 2 aromatic rings. The molecule has 0 aliphatic carbocycles. The van der Waals surface area contributed by atoms with Crippen LogP contribution in [0.5, 0.6) is 0 Å². The number of anilines is 1. The van der Waals surface area contributed by atoms with E-state index in [0.29, 0.717) is 24.3 Å². The van der Waals surface area contributed by atoms with E-state index in [1.165, 1.54) is 0 Å². The smallest absolute Gasteiger partial charge is 0.254 e. The molecule has 22 heavy (non-hydrogen) atoms. The maximum Gasteiger partial charge on any atom is 0.254 e. The topological polar surface area (TPSA) is 66.5 Å². The number of nitrogens with one attached hydrogen (secondary N) is 1. The molecule has 0 radical (unpaired) electrons. The van der Waals surface area contributed by atoms with Crippen molar-refractivity contribution in [3.63, 3.8) is 0 Å². The van der Waals surface area contributed by atoms with Crippen molar-refractivity contribution in [3.05, 3.63) is 52.2 Å². The number of carbonyl (C=O) groups is 1. The third kappa shape index (κ3) is 4.57. The lowest BCUT2D eigenvalue weighted by molar-refractivity contribution is 0.0754. The van der Waals surface area contributed by atoms with Crippen LogP contribution in [-0.4, -0.2) is 32.0 Å². The van der Waals surface area contributed by atoms with E-state index in [-0.39, 0.29) is 5.91 Å². The Morgan fingerprint density at radius 2 is 1.91 bits per heavy atom. The van der Waals surface area contributed by atoms with Gasteiger partial charge in [0.25, 0.3) is 5.91 Å². The van der Waals surface area contributed by atoms with Gasteiger partial charge in [0, 0.05) is 22.7 Å². The van der Waals surface area contributed by atoms with Gasteiger partial charge in [-0.3, -0.25) is 9.52 Å². The molecule has 118 valence electrons. The van der Waals surface area contributed by atoms with E-state index in [4.69, 9.17) is 0 Å². The van der Waals surface area contributed by atoms with Gasteiger partial charge in [0.2, 0.25) is 10.0 Å². The molecule has 2 rings (SSSR count). The lowest BCUT2D eigenvalue weighted by Gasteiger charge is -2.20. The van der Waals surface area contributed by atoms with E-state index < -0.39 is 10.0 Å².